The highest BCUT2D eigenvalue weighted by Crippen LogP contribution is 2.32. The first-order chi connectivity index (χ1) is 7.06. The number of phenols is 1. The molecule has 0 amide bonds. The standard InChI is InChI=1S/C10H11BrO4/c1-15-9(13)5-8(12)6-3-2-4-7(11)10(6)14/h2-4,8,12,14H,5H2,1H3. The highest BCUT2D eigenvalue weighted by molar-refractivity contribution is 9.10. The second-order valence-electron chi connectivity index (χ2n) is 2.97. The summed E-state index contributed by atoms with van der Waals surface area (Å²) < 4.78 is 4.90. The third-order valence-electron chi connectivity index (χ3n) is 1.96. The molecule has 0 radical (unpaired) electrons. The summed E-state index contributed by atoms with van der Waals surface area (Å²) in [7, 11) is 1.25. The average Bonchev–Trinajstić information content (AvgIpc) is 2.21. The van der Waals surface area contributed by atoms with E-state index < -0.39 is 12.1 Å². The molecule has 5 heteroatoms. The van der Waals surface area contributed by atoms with E-state index in [1.54, 1.807) is 18.2 Å². The van der Waals surface area contributed by atoms with Gasteiger partial charge in [-0.25, -0.2) is 0 Å². The molecule has 0 aliphatic carbocycles. The molecular weight excluding hydrogens is 264 g/mol. The van der Waals surface area contributed by atoms with Crippen molar-refractivity contribution in [2.45, 2.75) is 12.5 Å². The van der Waals surface area contributed by atoms with Crippen LogP contribution in [0.1, 0.15) is 18.1 Å². The predicted octanol–water partition coefficient (Wildman–Crippen LogP) is 1.75. The van der Waals surface area contributed by atoms with Gasteiger partial charge in [0.15, 0.2) is 0 Å². The Morgan fingerprint density at radius 3 is 2.87 bits per heavy atom. The Balaban J connectivity index is 2.86. The lowest BCUT2D eigenvalue weighted by atomic mass is 10.1. The van der Waals surface area contributed by atoms with Crippen LogP contribution in [0.2, 0.25) is 0 Å². The number of methoxy groups -OCH3 is 1. The Morgan fingerprint density at radius 2 is 2.27 bits per heavy atom. The van der Waals surface area contributed by atoms with Gasteiger partial charge < -0.3 is 14.9 Å². The lowest BCUT2D eigenvalue weighted by Crippen LogP contribution is -2.08. The van der Waals surface area contributed by atoms with Crippen LogP contribution < -0.4 is 0 Å². The molecule has 4 nitrogen and oxygen atoms in total. The molecule has 0 bridgehead atoms. The number of ether oxygens (including phenoxy) is 1. The predicted molar refractivity (Wildman–Crippen MR) is 57.4 cm³/mol. The molecule has 0 saturated carbocycles. The Bertz CT molecular complexity index is 364. The van der Waals surface area contributed by atoms with Crippen molar-refractivity contribution in [3.05, 3.63) is 28.2 Å². The number of carbonyl (C=O) groups excluding carboxylic acids is 1. The van der Waals surface area contributed by atoms with Crippen LogP contribution in [-0.4, -0.2) is 23.3 Å². The van der Waals surface area contributed by atoms with E-state index in [-0.39, 0.29) is 12.2 Å². The average molecular weight is 275 g/mol. The molecule has 0 spiro atoms. The summed E-state index contributed by atoms with van der Waals surface area (Å²) in [6, 6.07) is 4.86. The molecule has 82 valence electrons. The van der Waals surface area contributed by atoms with Gasteiger partial charge in [0.25, 0.3) is 0 Å². The maximum absolute atomic E-state index is 10.9. The van der Waals surface area contributed by atoms with Crippen LogP contribution in [0.25, 0.3) is 0 Å². The van der Waals surface area contributed by atoms with E-state index in [1.165, 1.54) is 7.11 Å². The van der Waals surface area contributed by atoms with E-state index in [9.17, 15) is 15.0 Å². The van der Waals surface area contributed by atoms with Gasteiger partial charge in [-0.2, -0.15) is 0 Å². The number of hydrogen-bond acceptors (Lipinski definition) is 4. The van der Waals surface area contributed by atoms with Crippen molar-refractivity contribution in [2.24, 2.45) is 0 Å². The molecule has 2 N–H and O–H groups in total. The third kappa shape index (κ3) is 2.94. The number of rotatable bonds is 3. The number of benzene rings is 1. The summed E-state index contributed by atoms with van der Waals surface area (Å²) in [6.45, 7) is 0. The van der Waals surface area contributed by atoms with Crippen molar-refractivity contribution in [2.75, 3.05) is 7.11 Å². The molecular formula is C10H11BrO4. The smallest absolute Gasteiger partial charge is 0.308 e. The van der Waals surface area contributed by atoms with Gasteiger partial charge in [-0.1, -0.05) is 12.1 Å². The molecule has 0 aromatic heterocycles. The lowest BCUT2D eigenvalue weighted by Gasteiger charge is -2.11. The van der Waals surface area contributed by atoms with Crippen LogP contribution in [0, 0.1) is 0 Å². The summed E-state index contributed by atoms with van der Waals surface area (Å²) in [4.78, 5) is 10.9. The fourth-order valence-electron chi connectivity index (χ4n) is 1.15. The van der Waals surface area contributed by atoms with Crippen LogP contribution in [0.3, 0.4) is 0 Å². The van der Waals surface area contributed by atoms with E-state index >= 15 is 0 Å². The highest BCUT2D eigenvalue weighted by atomic mass is 79.9. The van der Waals surface area contributed by atoms with Crippen LogP contribution >= 0.6 is 15.9 Å². The summed E-state index contributed by atoms with van der Waals surface area (Å²) in [5, 5.41) is 19.2. The summed E-state index contributed by atoms with van der Waals surface area (Å²) in [5.74, 6) is -0.587. The number of aliphatic hydroxyl groups excluding tert-OH is 1. The van der Waals surface area contributed by atoms with Crippen LogP contribution in [0.4, 0.5) is 0 Å². The first kappa shape index (κ1) is 12.0. The molecule has 0 aliphatic heterocycles. The molecule has 0 heterocycles. The third-order valence-corrected chi connectivity index (χ3v) is 2.60. The fourth-order valence-corrected chi connectivity index (χ4v) is 1.53. The normalized spacial score (nSPS) is 12.2. The number of aliphatic hydroxyl groups is 1. The maximum Gasteiger partial charge on any atom is 0.308 e. The van der Waals surface area contributed by atoms with E-state index in [4.69, 9.17) is 0 Å². The number of phenolic OH excluding ortho intramolecular Hbond substituents is 1. The van der Waals surface area contributed by atoms with Crippen molar-refractivity contribution >= 4 is 21.9 Å². The van der Waals surface area contributed by atoms with Crippen molar-refractivity contribution in [1.29, 1.82) is 0 Å². The van der Waals surface area contributed by atoms with Crippen LogP contribution in [0.5, 0.6) is 5.75 Å². The van der Waals surface area contributed by atoms with Crippen molar-refractivity contribution in [3.8, 4) is 5.75 Å². The van der Waals surface area contributed by atoms with Gasteiger partial charge in [-0.3, -0.25) is 4.79 Å². The quantitative estimate of drug-likeness (QED) is 0.825. The zero-order valence-electron chi connectivity index (χ0n) is 8.11. The molecule has 1 rings (SSSR count). The SMILES string of the molecule is COC(=O)CC(O)c1cccc(Br)c1O. The number of hydrogen-bond donors (Lipinski definition) is 2. The zero-order valence-corrected chi connectivity index (χ0v) is 9.69. The Hall–Kier alpha value is -1.07. The van der Waals surface area contributed by atoms with E-state index in [2.05, 4.69) is 20.7 Å². The van der Waals surface area contributed by atoms with E-state index in [1.807, 2.05) is 0 Å². The fraction of sp³-hybridized carbons (Fsp3) is 0.300. The molecule has 15 heavy (non-hydrogen) atoms. The molecule has 1 aromatic rings. The first-order valence-electron chi connectivity index (χ1n) is 4.28. The van der Waals surface area contributed by atoms with Crippen LogP contribution in [0.15, 0.2) is 22.7 Å². The van der Waals surface area contributed by atoms with Crippen molar-refractivity contribution in [3.63, 3.8) is 0 Å². The Kier molecular flexibility index (Phi) is 4.11. The zero-order chi connectivity index (χ0) is 11.4. The van der Waals surface area contributed by atoms with Crippen molar-refractivity contribution < 1.29 is 19.7 Å². The summed E-state index contributed by atoms with van der Waals surface area (Å²) in [5.41, 5.74) is 0.301. The largest absolute Gasteiger partial charge is 0.506 e. The number of aromatic hydroxyl groups is 1. The minimum absolute atomic E-state index is 0.0612. The van der Waals surface area contributed by atoms with Gasteiger partial charge >= 0.3 is 5.97 Å². The molecule has 0 aliphatic rings. The van der Waals surface area contributed by atoms with Gasteiger partial charge in [0.1, 0.15) is 5.75 Å². The second kappa shape index (κ2) is 5.14. The summed E-state index contributed by atoms with van der Waals surface area (Å²) in [6.07, 6.45) is -1.24. The molecule has 1 aromatic carbocycles. The molecule has 1 unspecified atom stereocenters. The molecule has 0 saturated heterocycles. The topological polar surface area (TPSA) is 66.8 Å². The van der Waals surface area contributed by atoms with Crippen LogP contribution in [-0.2, 0) is 9.53 Å². The van der Waals surface area contributed by atoms with Gasteiger partial charge in [-0.05, 0) is 22.0 Å². The number of esters is 1. The molecule has 0 fully saturated rings. The second-order valence-corrected chi connectivity index (χ2v) is 3.83. The Labute approximate surface area is 95.6 Å². The number of carbonyl (C=O) groups is 1. The maximum atomic E-state index is 10.9. The van der Waals surface area contributed by atoms with Gasteiger partial charge in [0.05, 0.1) is 24.1 Å². The van der Waals surface area contributed by atoms with Crippen molar-refractivity contribution in [1.82, 2.24) is 0 Å². The Morgan fingerprint density at radius 1 is 1.60 bits per heavy atom. The van der Waals surface area contributed by atoms with Gasteiger partial charge in [0.2, 0.25) is 0 Å². The lowest BCUT2D eigenvalue weighted by molar-refractivity contribution is -0.142. The number of para-hydroxylation sites is 1. The van der Waals surface area contributed by atoms with E-state index in [0.717, 1.165) is 0 Å². The minimum Gasteiger partial charge on any atom is -0.506 e. The first-order valence-corrected chi connectivity index (χ1v) is 5.07. The van der Waals surface area contributed by atoms with E-state index in [0.29, 0.717) is 10.0 Å². The highest BCUT2D eigenvalue weighted by Gasteiger charge is 2.17. The van der Waals surface area contributed by atoms with Gasteiger partial charge in [0, 0.05) is 5.56 Å². The van der Waals surface area contributed by atoms with Gasteiger partial charge in [-0.15, -0.1) is 0 Å². The number of halogens is 1. The molecule has 1 atom stereocenters. The summed E-state index contributed by atoms with van der Waals surface area (Å²) >= 11 is 3.12. The minimum atomic E-state index is -1.06. The monoisotopic (exact) mass is 274 g/mol.